The number of nitrogens with one attached hydrogen (secondary N) is 1. The minimum atomic E-state index is -4.67. The summed E-state index contributed by atoms with van der Waals surface area (Å²) >= 11 is 0. The zero-order valence-corrected chi connectivity index (χ0v) is 14.8. The van der Waals surface area contributed by atoms with Gasteiger partial charge in [-0.05, 0) is 18.2 Å². The number of hydrogen-bond donors (Lipinski definition) is 1. The van der Waals surface area contributed by atoms with Crippen molar-refractivity contribution in [2.24, 2.45) is 0 Å². The van der Waals surface area contributed by atoms with Crippen molar-refractivity contribution in [2.45, 2.75) is 12.3 Å². The van der Waals surface area contributed by atoms with E-state index in [2.05, 4.69) is 16.9 Å². The Kier molecular flexibility index (Phi) is 5.64. The molecule has 0 radical (unpaired) electrons. The van der Waals surface area contributed by atoms with Crippen molar-refractivity contribution in [2.75, 3.05) is 26.2 Å². The number of para-hydroxylation sites is 1. The number of nitrogens with zero attached hydrogens (tertiary/aromatic N) is 2. The average molecular weight is 393 g/mol. The molecule has 1 aliphatic rings. The van der Waals surface area contributed by atoms with E-state index in [0.717, 1.165) is 12.1 Å². The van der Waals surface area contributed by atoms with Crippen molar-refractivity contribution >= 4 is 22.7 Å². The summed E-state index contributed by atoms with van der Waals surface area (Å²) in [6.45, 7) is 4.12. The van der Waals surface area contributed by atoms with Crippen LogP contribution in [0.1, 0.15) is 16.1 Å². The van der Waals surface area contributed by atoms with Gasteiger partial charge in [-0.25, -0.2) is 4.98 Å². The number of benzene rings is 1. The first-order chi connectivity index (χ1) is 13.3. The molecule has 2 amide bonds. The van der Waals surface area contributed by atoms with E-state index in [1.807, 2.05) is 0 Å². The average Bonchev–Trinajstić information content (AvgIpc) is 2.70. The van der Waals surface area contributed by atoms with Gasteiger partial charge in [0.25, 0.3) is 5.91 Å². The van der Waals surface area contributed by atoms with E-state index in [1.165, 1.54) is 11.0 Å². The second kappa shape index (κ2) is 7.97. The highest BCUT2D eigenvalue weighted by atomic mass is 19.4. The number of carbonyl (C=O) groups is 2. The number of aromatic nitrogens is 1. The topological polar surface area (TPSA) is 71.5 Å². The summed E-state index contributed by atoms with van der Waals surface area (Å²) in [4.78, 5) is 29.4. The molecule has 1 aromatic heterocycles. The van der Waals surface area contributed by atoms with Crippen molar-refractivity contribution in [1.29, 1.82) is 0 Å². The molecule has 28 heavy (non-hydrogen) atoms. The maximum Gasteiger partial charge on any atom is 0.433 e. The lowest BCUT2D eigenvalue weighted by Crippen LogP contribution is -2.49. The highest BCUT2D eigenvalue weighted by molar-refractivity contribution is 6.06. The van der Waals surface area contributed by atoms with E-state index in [4.69, 9.17) is 4.74 Å². The van der Waals surface area contributed by atoms with Crippen LogP contribution in [0.2, 0.25) is 0 Å². The first-order valence-electron chi connectivity index (χ1n) is 8.57. The minimum absolute atomic E-state index is 0.0614. The molecule has 1 aliphatic heterocycles. The molecule has 2 aromatic rings. The van der Waals surface area contributed by atoms with Crippen LogP contribution in [0.3, 0.4) is 0 Å². The molecule has 6 nitrogen and oxygen atoms in total. The molecule has 1 fully saturated rings. The van der Waals surface area contributed by atoms with E-state index >= 15 is 0 Å². The number of morpholine rings is 1. The summed E-state index contributed by atoms with van der Waals surface area (Å²) in [5.74, 6) is -0.908. The normalized spacial score (nSPS) is 17.4. The lowest BCUT2D eigenvalue weighted by atomic mass is 10.1. The number of pyridine rings is 1. The van der Waals surface area contributed by atoms with E-state index in [-0.39, 0.29) is 43.2 Å². The van der Waals surface area contributed by atoms with Crippen molar-refractivity contribution in [3.05, 3.63) is 54.2 Å². The molecular formula is C19H18F3N3O3. The van der Waals surface area contributed by atoms with E-state index in [9.17, 15) is 22.8 Å². The van der Waals surface area contributed by atoms with Gasteiger partial charge in [0.2, 0.25) is 5.91 Å². The third-order valence-corrected chi connectivity index (χ3v) is 4.35. The van der Waals surface area contributed by atoms with E-state index in [1.54, 1.807) is 18.2 Å². The second-order valence-corrected chi connectivity index (χ2v) is 6.26. The number of hydrogen-bond acceptors (Lipinski definition) is 4. The van der Waals surface area contributed by atoms with Gasteiger partial charge in [0.15, 0.2) is 0 Å². The first-order valence-corrected chi connectivity index (χ1v) is 8.57. The highest BCUT2D eigenvalue weighted by Gasteiger charge is 2.35. The van der Waals surface area contributed by atoms with Crippen LogP contribution in [-0.2, 0) is 15.7 Å². The van der Waals surface area contributed by atoms with Crippen molar-refractivity contribution in [3.8, 4) is 0 Å². The number of carbonyl (C=O) groups excluding carboxylic acids is 2. The van der Waals surface area contributed by atoms with Gasteiger partial charge in [0.05, 0.1) is 23.8 Å². The minimum Gasteiger partial charge on any atom is -0.373 e. The molecule has 148 valence electrons. The number of ether oxygens (including phenoxy) is 1. The Labute approximate surface area is 159 Å². The van der Waals surface area contributed by atoms with Crippen LogP contribution in [0.15, 0.2) is 43.0 Å². The van der Waals surface area contributed by atoms with Crippen LogP contribution in [0.5, 0.6) is 0 Å². The van der Waals surface area contributed by atoms with Crippen molar-refractivity contribution in [3.63, 3.8) is 0 Å². The summed E-state index contributed by atoms with van der Waals surface area (Å²) in [7, 11) is 0. The largest absolute Gasteiger partial charge is 0.433 e. The number of amides is 2. The van der Waals surface area contributed by atoms with Crippen molar-refractivity contribution < 1.29 is 27.5 Å². The molecule has 0 unspecified atom stereocenters. The lowest BCUT2D eigenvalue weighted by Gasteiger charge is -2.33. The molecule has 0 bridgehead atoms. The standard InChI is InChI=1S/C19H18F3N3O3/c1-2-17(26)23-10-12-11-25(7-8-28-12)18(27)14-9-16(19(20,21)22)24-15-6-4-3-5-13(14)15/h2-6,9,12H,1,7-8,10-11H2,(H,23,26)/t12-/m0/s1. The van der Waals surface area contributed by atoms with Crippen LogP contribution in [0.25, 0.3) is 10.9 Å². The quantitative estimate of drug-likeness (QED) is 0.810. The predicted octanol–water partition coefficient (Wildman–Crippen LogP) is 2.40. The van der Waals surface area contributed by atoms with Crippen LogP contribution < -0.4 is 5.32 Å². The molecular weight excluding hydrogens is 375 g/mol. The smallest absolute Gasteiger partial charge is 0.373 e. The molecule has 1 N–H and O–H groups in total. The molecule has 1 atom stereocenters. The van der Waals surface area contributed by atoms with Gasteiger partial charge in [-0.2, -0.15) is 13.2 Å². The Morgan fingerprint density at radius 2 is 2.11 bits per heavy atom. The Morgan fingerprint density at radius 3 is 2.82 bits per heavy atom. The zero-order chi connectivity index (χ0) is 20.3. The van der Waals surface area contributed by atoms with Gasteiger partial charge in [0.1, 0.15) is 5.69 Å². The van der Waals surface area contributed by atoms with Gasteiger partial charge in [-0.15, -0.1) is 0 Å². The molecule has 0 aliphatic carbocycles. The lowest BCUT2D eigenvalue weighted by molar-refractivity contribution is -0.141. The number of fused-ring (bicyclic) bond motifs is 1. The van der Waals surface area contributed by atoms with E-state index in [0.29, 0.717) is 5.39 Å². The van der Waals surface area contributed by atoms with Gasteiger partial charge in [0, 0.05) is 25.0 Å². The fourth-order valence-corrected chi connectivity index (χ4v) is 2.98. The number of halogens is 3. The summed E-state index contributed by atoms with van der Waals surface area (Å²) in [6, 6.07) is 7.00. The summed E-state index contributed by atoms with van der Waals surface area (Å²) in [5, 5.41) is 2.93. The molecule has 1 saturated heterocycles. The van der Waals surface area contributed by atoms with Crippen LogP contribution in [0.4, 0.5) is 13.2 Å². The Bertz CT molecular complexity index is 914. The second-order valence-electron chi connectivity index (χ2n) is 6.26. The van der Waals surface area contributed by atoms with Crippen molar-refractivity contribution in [1.82, 2.24) is 15.2 Å². The predicted molar refractivity (Wildman–Crippen MR) is 95.6 cm³/mol. The Morgan fingerprint density at radius 1 is 1.36 bits per heavy atom. The highest BCUT2D eigenvalue weighted by Crippen LogP contribution is 2.31. The molecule has 3 rings (SSSR count). The molecule has 1 aromatic carbocycles. The fourth-order valence-electron chi connectivity index (χ4n) is 2.98. The zero-order valence-electron chi connectivity index (χ0n) is 14.8. The van der Waals surface area contributed by atoms with Gasteiger partial charge in [-0.3, -0.25) is 9.59 Å². The Balaban J connectivity index is 1.88. The Hall–Kier alpha value is -2.94. The summed E-state index contributed by atoms with van der Waals surface area (Å²) in [5.41, 5.74) is -1.07. The monoisotopic (exact) mass is 393 g/mol. The summed E-state index contributed by atoms with van der Waals surface area (Å²) in [6.07, 6.45) is -4.01. The van der Waals surface area contributed by atoms with Gasteiger partial charge >= 0.3 is 6.18 Å². The van der Waals surface area contributed by atoms with Crippen LogP contribution in [0, 0.1) is 0 Å². The SMILES string of the molecule is C=CC(=O)NC[C@H]1CN(C(=O)c2cc(C(F)(F)F)nc3ccccc23)CCO1. The van der Waals surface area contributed by atoms with E-state index < -0.39 is 23.9 Å². The van der Waals surface area contributed by atoms with Crippen LogP contribution >= 0.6 is 0 Å². The molecule has 9 heteroatoms. The number of rotatable bonds is 4. The number of alkyl halides is 3. The third-order valence-electron chi connectivity index (χ3n) is 4.35. The molecule has 0 saturated carbocycles. The molecule has 0 spiro atoms. The van der Waals surface area contributed by atoms with Gasteiger partial charge < -0.3 is 15.0 Å². The fraction of sp³-hybridized carbons (Fsp3) is 0.316. The maximum atomic E-state index is 13.2. The van der Waals surface area contributed by atoms with Gasteiger partial charge in [-0.1, -0.05) is 24.8 Å². The van der Waals surface area contributed by atoms with Crippen LogP contribution in [-0.4, -0.2) is 54.0 Å². The summed E-state index contributed by atoms with van der Waals surface area (Å²) < 4.78 is 45.2. The molecule has 2 heterocycles. The maximum absolute atomic E-state index is 13.2. The first kappa shape index (κ1) is 19.8. The third kappa shape index (κ3) is 4.30.